The van der Waals surface area contributed by atoms with E-state index in [9.17, 15) is 95.2 Å². The molecule has 25 nitrogen and oxygen atoms in total. The van der Waals surface area contributed by atoms with Crippen molar-refractivity contribution in [2.45, 2.75) is 93.9 Å². The maximum Gasteiger partial charge on any atom is 0.263 e. The Morgan fingerprint density at radius 3 is 1.20 bits per heavy atom. The number of halogens is 5. The van der Waals surface area contributed by atoms with Crippen molar-refractivity contribution in [2.75, 3.05) is 62.7 Å². The minimum atomic E-state index is -3.85. The number of rotatable bonds is 24. The quantitative estimate of drug-likeness (QED) is 0.0351. The van der Waals surface area contributed by atoms with Crippen LogP contribution >= 0.6 is 80.1 Å². The first kappa shape index (κ1) is 95.6. The number of thiophene rings is 4. The molecule has 0 radical (unpaired) electrons. The van der Waals surface area contributed by atoms with Crippen LogP contribution in [0.25, 0.3) is 16.5 Å². The minimum absolute atomic E-state index is 0.0142. The third-order valence-corrected chi connectivity index (χ3v) is 35.9. The Labute approximate surface area is 791 Å². The van der Waals surface area contributed by atoms with Gasteiger partial charge in [0.15, 0.2) is 79.8 Å². The van der Waals surface area contributed by atoms with Gasteiger partial charge in [0.05, 0.1) is 35.8 Å². The van der Waals surface area contributed by atoms with Gasteiger partial charge in [-0.25, -0.2) is 42.5 Å². The van der Waals surface area contributed by atoms with Gasteiger partial charge >= 0.3 is 0 Å². The van der Waals surface area contributed by atoms with Gasteiger partial charge in [0.25, 0.3) is 5.56 Å². The number of aryl methyl sites for hydroxylation is 3. The van der Waals surface area contributed by atoms with Crippen molar-refractivity contribution in [1.82, 2.24) is 4.57 Å². The van der Waals surface area contributed by atoms with Gasteiger partial charge < -0.3 is 26.6 Å². The number of amides is 3. The third kappa shape index (κ3) is 21.8. The second-order valence-electron chi connectivity index (χ2n) is 32.0. The predicted molar refractivity (Wildman–Crippen MR) is 509 cm³/mol. The van der Waals surface area contributed by atoms with Crippen molar-refractivity contribution < 1.29 is 90.4 Å². The molecule has 3 atom stereocenters. The first-order valence-corrected chi connectivity index (χ1v) is 51.8. The zero-order valence-electron chi connectivity index (χ0n) is 70.2. The van der Waals surface area contributed by atoms with Crippen LogP contribution in [0.2, 0.25) is 13.0 Å². The van der Waals surface area contributed by atoms with Crippen LogP contribution in [0.5, 0.6) is 0 Å². The van der Waals surface area contributed by atoms with Crippen LogP contribution in [0, 0.1) is 32.4 Å². The average molecular weight is 2010 g/mol. The van der Waals surface area contributed by atoms with Crippen LogP contribution in [0.15, 0.2) is 228 Å². The van der Waals surface area contributed by atoms with Gasteiger partial charge in [0.2, 0.25) is 17.7 Å². The van der Waals surface area contributed by atoms with E-state index in [4.69, 9.17) is 34.8 Å². The summed E-state index contributed by atoms with van der Waals surface area (Å²) in [5, 5.41) is 16.0. The molecular formula is C95H75Cl3F2N6O19S8. The number of ketones is 7. The van der Waals surface area contributed by atoms with E-state index in [1.54, 1.807) is 97.1 Å². The van der Waals surface area contributed by atoms with E-state index in [0.29, 0.717) is 75.6 Å². The van der Waals surface area contributed by atoms with E-state index in [1.165, 1.54) is 77.5 Å². The highest BCUT2D eigenvalue weighted by Gasteiger charge is 2.41. The van der Waals surface area contributed by atoms with Crippen LogP contribution in [-0.4, -0.2) is 133 Å². The van der Waals surface area contributed by atoms with Gasteiger partial charge in [-0.3, -0.25) is 57.3 Å². The molecule has 8 aromatic carbocycles. The lowest BCUT2D eigenvalue weighted by Crippen LogP contribution is -2.34. The lowest BCUT2D eigenvalue weighted by atomic mass is 9.85. The van der Waals surface area contributed by atoms with Crippen LogP contribution in [0.3, 0.4) is 0 Å². The fourth-order valence-electron chi connectivity index (χ4n) is 15.8. The number of anilines is 5. The van der Waals surface area contributed by atoms with Gasteiger partial charge in [-0.1, -0.05) is 114 Å². The summed E-state index contributed by atoms with van der Waals surface area (Å²) in [7, 11) is -15.1. The maximum atomic E-state index is 15.0. The molecule has 38 heteroatoms. The third-order valence-electron chi connectivity index (χ3n) is 22.2. The standard InChI is InChI=1S/C24H18ClFN2O4S2.C24H19ClN2O5S2.C24H21NO5S2.C23H17ClFNO5S2/c25-22-3-4-23(33-22)34(31,32)13-17(29)9-14-1-2-21(19(26)10-14)28-8-6-15-12-20-16(5-7-27-20)11-18(15)24(28)30;25-20-5-6-21(33-20)34(31,32)12-16(28)9-13-1-3-14(4-2-13)22-23(29)17-10-15-7-8-26-18(15)11-19(17)27-24(22)30;1-14-3-9-19-20(11-14)25-24(28)22(23(19)27)17-7-5-16(6-8-17)12-18(26)13-32(29,30)21-10-4-15(2)31-21;1-12-2-4-16-18(8-12)26-23(29)21(22(16)28)15-5-3-13(10-17(15)25)9-14(27)11-33(30,31)20-7-6-19(24)32-20/h1-4,6,8,10-12,27H,5,7,9,13H2;1-6,10-11,22,26H,7-9,12H2,(H,27,30);3-11,22H,12-13H2,1-2H3,(H,25,28);2-8,10,21H,9,11H2,1H3,(H,26,29). The molecular weight excluding hydrogens is 1930 g/mol. The first-order valence-electron chi connectivity index (χ1n) is 40.8. The highest BCUT2D eigenvalue weighted by molar-refractivity contribution is 7.95. The van der Waals surface area contributed by atoms with Crippen molar-refractivity contribution >= 4 is 217 Å². The lowest BCUT2D eigenvalue weighted by molar-refractivity contribution is -0.117. The number of carbonyl (C=O) groups is 10. The summed E-state index contributed by atoms with van der Waals surface area (Å²) in [4.78, 5) is 140. The summed E-state index contributed by atoms with van der Waals surface area (Å²) in [6.45, 7) is 7.13. The Balaban J connectivity index is 0.000000135. The molecule has 3 amide bonds. The van der Waals surface area contributed by atoms with Gasteiger partial charge in [-0.15, -0.1) is 45.3 Å². The largest absolute Gasteiger partial charge is 0.384 e. The van der Waals surface area contributed by atoms with Crippen LogP contribution < -0.4 is 32.1 Å². The molecule has 5 aliphatic rings. The Kier molecular flexibility index (Phi) is 28.2. The van der Waals surface area contributed by atoms with E-state index in [1.807, 2.05) is 45.0 Å². The summed E-state index contributed by atoms with van der Waals surface area (Å²) >= 11 is 21.1. The van der Waals surface area contributed by atoms with E-state index < -0.39 is 138 Å². The number of hydrogen-bond acceptors (Lipinski definition) is 25. The Bertz CT molecular complexity index is 7600. The zero-order valence-corrected chi connectivity index (χ0v) is 79.0. The molecule has 133 heavy (non-hydrogen) atoms. The molecule has 0 bridgehead atoms. The summed E-state index contributed by atoms with van der Waals surface area (Å²) < 4.78 is 131. The Morgan fingerprint density at radius 2 is 0.767 bits per heavy atom. The molecule has 13 aromatic rings. The van der Waals surface area contributed by atoms with Crippen LogP contribution in [-0.2, 0) is 111 Å². The molecule has 5 aliphatic heterocycles. The molecule has 5 aromatic heterocycles. The number of fused-ring (bicyclic) bond motifs is 6. The monoisotopic (exact) mass is 2000 g/mol. The number of Topliss-reactive ketones (excluding diaryl/α,β-unsaturated/α-hetero) is 7. The van der Waals surface area contributed by atoms with Crippen LogP contribution in [0.1, 0.15) is 115 Å². The van der Waals surface area contributed by atoms with Gasteiger partial charge in [0.1, 0.15) is 69.2 Å². The normalized spacial score (nSPS) is 15.4. The molecule has 0 fully saturated rings. The Morgan fingerprint density at radius 1 is 0.383 bits per heavy atom. The van der Waals surface area contributed by atoms with E-state index >= 15 is 0 Å². The van der Waals surface area contributed by atoms with Gasteiger partial charge in [0, 0.05) is 88.9 Å². The van der Waals surface area contributed by atoms with E-state index in [0.717, 1.165) is 127 Å². The summed E-state index contributed by atoms with van der Waals surface area (Å²) in [5.74, 6) is -12.0. The number of hydrogen-bond donors (Lipinski definition) is 5. The first-order chi connectivity index (χ1) is 63.1. The van der Waals surface area contributed by atoms with Gasteiger partial charge in [-0.2, -0.15) is 0 Å². The molecule has 3 unspecified atom stereocenters. The molecule has 0 aliphatic carbocycles. The summed E-state index contributed by atoms with van der Waals surface area (Å²) in [5.41, 5.74) is 10.9. The maximum absolute atomic E-state index is 15.0. The number of aromatic nitrogens is 1. The molecule has 18 rings (SSSR count). The molecule has 0 saturated carbocycles. The molecule has 5 N–H and O–H groups in total. The number of carbonyl (C=O) groups excluding carboxylic acids is 10. The second kappa shape index (κ2) is 39.3. The van der Waals surface area contributed by atoms with Crippen molar-refractivity contribution in [3.63, 3.8) is 0 Å². The lowest BCUT2D eigenvalue weighted by Gasteiger charge is -2.24. The van der Waals surface area contributed by atoms with Gasteiger partial charge in [-0.05, 0) is 216 Å². The number of nitrogens with zero attached hydrogens (tertiary/aromatic N) is 1. The second-order valence-corrected chi connectivity index (χ2v) is 47.3. The van der Waals surface area contributed by atoms with Crippen molar-refractivity contribution in [1.29, 1.82) is 0 Å². The number of sulfone groups is 4. The van der Waals surface area contributed by atoms with Crippen molar-refractivity contribution in [2.24, 2.45) is 0 Å². The highest BCUT2D eigenvalue weighted by atomic mass is 35.5. The Hall–Kier alpha value is -12.0. The van der Waals surface area contributed by atoms with E-state index in [2.05, 4.69) is 26.6 Å². The molecule has 682 valence electrons. The van der Waals surface area contributed by atoms with Crippen LogP contribution in [0.4, 0.5) is 37.2 Å². The summed E-state index contributed by atoms with van der Waals surface area (Å²) in [6.07, 6.45) is 2.48. The fraction of sp³-hybridized carbons (Fsp3) is 0.189. The number of nitrogens with one attached hydrogen (secondary N) is 5. The topological polar surface area (TPSA) is 389 Å². The van der Waals surface area contributed by atoms with Crippen molar-refractivity contribution in [3.05, 3.63) is 324 Å². The molecule has 0 spiro atoms. The number of pyridine rings is 1. The molecule has 10 heterocycles. The zero-order chi connectivity index (χ0) is 95.0. The SMILES string of the molecule is Cc1ccc2c(c1)NC(=O)C(c1ccc(CC(=O)CS(=O)(=O)c3ccc(C)s3)cc1)C2=O.Cc1ccc2c(c1)NC(=O)C(c1ccc(CC(=O)CS(=O)(=O)c3ccc(Cl)s3)cc1F)C2=O.O=C(Cc1ccc(-n2ccc3cc4c(cc3c2=O)CCN4)c(F)c1)CS(=O)(=O)c1ccc(Cl)s1.O=C(Cc1ccc(C2C(=O)Nc3cc4c(cc3C2=O)CCN4)cc1)CS(=O)(=O)c1ccc(Cl)s1. The predicted octanol–water partition coefficient (Wildman–Crippen LogP) is 16.5. The highest BCUT2D eigenvalue weighted by Crippen LogP contribution is 2.41. The van der Waals surface area contributed by atoms with Crippen molar-refractivity contribution in [3.8, 4) is 5.69 Å². The minimum Gasteiger partial charge on any atom is -0.384 e. The van der Waals surface area contributed by atoms with E-state index in [-0.39, 0.29) is 80.8 Å². The smallest absolute Gasteiger partial charge is 0.263 e. The fourth-order valence-corrected chi connectivity index (χ4v) is 26.9. The average Bonchev–Trinajstić information content (AvgIpc) is 1.76. The summed E-state index contributed by atoms with van der Waals surface area (Å²) in [6, 6.07) is 52.1. The number of benzene rings is 8. The molecule has 0 saturated heterocycles.